The van der Waals surface area contributed by atoms with Gasteiger partial charge in [-0.3, -0.25) is 0 Å². The van der Waals surface area contributed by atoms with Crippen LogP contribution in [0.2, 0.25) is 0 Å². The highest BCUT2D eigenvalue weighted by atomic mass is 16.5. The van der Waals surface area contributed by atoms with Gasteiger partial charge in [0.1, 0.15) is 6.33 Å². The molecule has 0 bridgehead atoms. The number of nitrogens with one attached hydrogen (secondary N) is 2. The molecule has 2 rings (SSSR count). The van der Waals surface area contributed by atoms with Crippen LogP contribution in [-0.2, 0) is 0 Å². The SMILES string of the molecule is CCNc1ncnc(NCCC2CCN(C)CC2)c1OC. The molecule has 6 nitrogen and oxygen atoms in total. The molecule has 21 heavy (non-hydrogen) atoms. The van der Waals surface area contributed by atoms with E-state index in [1.165, 1.54) is 32.4 Å². The van der Waals surface area contributed by atoms with Crippen LogP contribution in [0.5, 0.6) is 5.75 Å². The molecule has 1 aliphatic heterocycles. The third kappa shape index (κ3) is 4.46. The Bertz CT molecular complexity index is 432. The highest BCUT2D eigenvalue weighted by molar-refractivity contribution is 5.63. The summed E-state index contributed by atoms with van der Waals surface area (Å²) in [6, 6.07) is 0. The average Bonchev–Trinajstić information content (AvgIpc) is 2.50. The molecule has 1 fully saturated rings. The summed E-state index contributed by atoms with van der Waals surface area (Å²) in [5, 5.41) is 6.58. The minimum atomic E-state index is 0.697. The molecule has 1 saturated heterocycles. The predicted molar refractivity (Wildman–Crippen MR) is 86.1 cm³/mol. The number of ether oxygens (including phenoxy) is 1. The second-order valence-electron chi connectivity index (χ2n) is 5.60. The van der Waals surface area contributed by atoms with E-state index >= 15 is 0 Å². The van der Waals surface area contributed by atoms with Gasteiger partial charge in [-0.15, -0.1) is 0 Å². The zero-order valence-corrected chi connectivity index (χ0v) is 13.4. The van der Waals surface area contributed by atoms with Crippen molar-refractivity contribution in [3.05, 3.63) is 6.33 Å². The zero-order chi connectivity index (χ0) is 15.1. The van der Waals surface area contributed by atoms with Crippen LogP contribution in [0.25, 0.3) is 0 Å². The standard InChI is InChI=1S/C15H27N5O/c1-4-16-14-13(21-3)15(19-11-18-14)17-8-5-12-6-9-20(2)10-7-12/h11-12H,4-10H2,1-3H3,(H2,16,17,18,19). The smallest absolute Gasteiger partial charge is 0.204 e. The first-order valence-electron chi connectivity index (χ1n) is 7.79. The van der Waals surface area contributed by atoms with Crippen molar-refractivity contribution in [2.75, 3.05) is 51.0 Å². The van der Waals surface area contributed by atoms with Gasteiger partial charge in [-0.1, -0.05) is 0 Å². The van der Waals surface area contributed by atoms with Gasteiger partial charge in [0.25, 0.3) is 0 Å². The fourth-order valence-corrected chi connectivity index (χ4v) is 2.73. The Morgan fingerprint density at radius 2 is 1.90 bits per heavy atom. The average molecular weight is 293 g/mol. The van der Waals surface area contributed by atoms with Crippen molar-refractivity contribution in [2.45, 2.75) is 26.2 Å². The van der Waals surface area contributed by atoms with Crippen LogP contribution in [0, 0.1) is 5.92 Å². The molecule has 0 saturated carbocycles. The molecule has 1 aromatic rings. The van der Waals surface area contributed by atoms with E-state index in [4.69, 9.17) is 4.74 Å². The highest BCUT2D eigenvalue weighted by Gasteiger charge is 2.17. The molecule has 0 atom stereocenters. The molecular formula is C15H27N5O. The van der Waals surface area contributed by atoms with Gasteiger partial charge in [-0.05, 0) is 52.2 Å². The first kappa shape index (κ1) is 15.8. The lowest BCUT2D eigenvalue weighted by Gasteiger charge is -2.29. The molecule has 0 aromatic carbocycles. The van der Waals surface area contributed by atoms with Crippen molar-refractivity contribution in [3.63, 3.8) is 0 Å². The normalized spacial score (nSPS) is 16.7. The number of hydrogen-bond acceptors (Lipinski definition) is 6. The third-order valence-corrected chi connectivity index (χ3v) is 4.04. The van der Waals surface area contributed by atoms with E-state index in [1.54, 1.807) is 13.4 Å². The zero-order valence-electron chi connectivity index (χ0n) is 13.4. The largest absolute Gasteiger partial charge is 0.490 e. The summed E-state index contributed by atoms with van der Waals surface area (Å²) in [6.07, 6.45) is 5.33. The summed E-state index contributed by atoms with van der Waals surface area (Å²) in [4.78, 5) is 10.9. The number of aromatic nitrogens is 2. The number of likely N-dealkylation sites (tertiary alicyclic amines) is 1. The molecule has 0 spiro atoms. The van der Waals surface area contributed by atoms with Crippen LogP contribution in [-0.4, -0.2) is 55.2 Å². The summed E-state index contributed by atoms with van der Waals surface area (Å²) in [5.41, 5.74) is 0. The number of rotatable bonds is 7. The molecule has 6 heteroatoms. The molecule has 1 aromatic heterocycles. The molecule has 1 aliphatic rings. The van der Waals surface area contributed by atoms with Gasteiger partial charge in [-0.25, -0.2) is 9.97 Å². The van der Waals surface area contributed by atoms with Crippen LogP contribution in [0.3, 0.4) is 0 Å². The van der Waals surface area contributed by atoms with Gasteiger partial charge in [0.05, 0.1) is 7.11 Å². The second kappa shape index (κ2) is 8.02. The van der Waals surface area contributed by atoms with Crippen molar-refractivity contribution >= 4 is 11.6 Å². The van der Waals surface area contributed by atoms with Crippen molar-refractivity contribution in [3.8, 4) is 5.75 Å². The maximum atomic E-state index is 5.43. The number of nitrogens with zero attached hydrogens (tertiary/aromatic N) is 3. The van der Waals surface area contributed by atoms with Crippen molar-refractivity contribution in [1.82, 2.24) is 14.9 Å². The summed E-state index contributed by atoms with van der Waals surface area (Å²) >= 11 is 0. The fourth-order valence-electron chi connectivity index (χ4n) is 2.73. The van der Waals surface area contributed by atoms with Crippen LogP contribution >= 0.6 is 0 Å². The van der Waals surface area contributed by atoms with Crippen molar-refractivity contribution < 1.29 is 4.74 Å². The summed E-state index contributed by atoms with van der Waals surface area (Å²) < 4.78 is 5.43. The fraction of sp³-hybridized carbons (Fsp3) is 0.733. The Labute approximate surface area is 127 Å². The number of piperidine rings is 1. The summed E-state index contributed by atoms with van der Waals surface area (Å²) in [7, 11) is 3.85. The molecule has 2 heterocycles. The van der Waals surface area contributed by atoms with E-state index in [0.29, 0.717) is 5.75 Å². The Hall–Kier alpha value is -1.56. The Morgan fingerprint density at radius 3 is 2.52 bits per heavy atom. The lowest BCUT2D eigenvalue weighted by Crippen LogP contribution is -2.30. The maximum absolute atomic E-state index is 5.43. The second-order valence-corrected chi connectivity index (χ2v) is 5.60. The molecule has 0 aliphatic carbocycles. The quantitative estimate of drug-likeness (QED) is 0.802. The van der Waals surface area contributed by atoms with Crippen LogP contribution < -0.4 is 15.4 Å². The Balaban J connectivity index is 1.86. The number of hydrogen-bond donors (Lipinski definition) is 2. The highest BCUT2D eigenvalue weighted by Crippen LogP contribution is 2.29. The van der Waals surface area contributed by atoms with E-state index in [1.807, 2.05) is 6.92 Å². The molecule has 0 amide bonds. The lowest BCUT2D eigenvalue weighted by molar-refractivity contribution is 0.215. The van der Waals surface area contributed by atoms with Crippen LogP contribution in [0.4, 0.5) is 11.6 Å². The molecule has 118 valence electrons. The minimum Gasteiger partial charge on any atom is -0.490 e. The molecule has 2 N–H and O–H groups in total. The first-order chi connectivity index (χ1) is 10.2. The third-order valence-electron chi connectivity index (χ3n) is 4.04. The summed E-state index contributed by atoms with van der Waals surface area (Å²) in [6.45, 7) is 6.20. The van der Waals surface area contributed by atoms with E-state index in [9.17, 15) is 0 Å². The predicted octanol–water partition coefficient (Wildman–Crippen LogP) is 2.06. The minimum absolute atomic E-state index is 0.697. The van der Waals surface area contributed by atoms with Crippen molar-refractivity contribution in [1.29, 1.82) is 0 Å². The van der Waals surface area contributed by atoms with Gasteiger partial charge < -0.3 is 20.3 Å². The molecule has 0 radical (unpaired) electrons. The first-order valence-corrected chi connectivity index (χ1v) is 7.79. The van der Waals surface area contributed by atoms with Crippen LogP contribution in [0.1, 0.15) is 26.2 Å². The van der Waals surface area contributed by atoms with Gasteiger partial charge in [0.2, 0.25) is 5.75 Å². The lowest BCUT2D eigenvalue weighted by atomic mass is 9.94. The number of methoxy groups -OCH3 is 1. The monoisotopic (exact) mass is 293 g/mol. The van der Waals surface area contributed by atoms with E-state index in [2.05, 4.69) is 32.5 Å². The van der Waals surface area contributed by atoms with E-state index in [0.717, 1.165) is 30.6 Å². The van der Waals surface area contributed by atoms with Gasteiger partial charge in [0.15, 0.2) is 11.6 Å². The van der Waals surface area contributed by atoms with Gasteiger partial charge >= 0.3 is 0 Å². The summed E-state index contributed by atoms with van der Waals surface area (Å²) in [5.74, 6) is 3.03. The molecule has 0 unspecified atom stereocenters. The van der Waals surface area contributed by atoms with Gasteiger partial charge in [0, 0.05) is 13.1 Å². The van der Waals surface area contributed by atoms with Crippen molar-refractivity contribution in [2.24, 2.45) is 5.92 Å². The Morgan fingerprint density at radius 1 is 1.24 bits per heavy atom. The number of anilines is 2. The van der Waals surface area contributed by atoms with Crippen LogP contribution in [0.15, 0.2) is 6.33 Å². The van der Waals surface area contributed by atoms with E-state index < -0.39 is 0 Å². The molecular weight excluding hydrogens is 266 g/mol. The topological polar surface area (TPSA) is 62.3 Å². The van der Waals surface area contributed by atoms with Gasteiger partial charge in [-0.2, -0.15) is 0 Å². The van der Waals surface area contributed by atoms with E-state index in [-0.39, 0.29) is 0 Å². The maximum Gasteiger partial charge on any atom is 0.204 e. The Kier molecular flexibility index (Phi) is 6.04.